The Labute approximate surface area is 208 Å². The number of aryl methyl sites for hydroxylation is 1. The predicted molar refractivity (Wildman–Crippen MR) is 154 cm³/mol. The average Bonchev–Trinajstić information content (AvgIpc) is 3.30. The van der Waals surface area contributed by atoms with Crippen molar-refractivity contribution < 1.29 is 0 Å². The van der Waals surface area contributed by atoms with Crippen LogP contribution in [0.4, 0.5) is 17.1 Å². The molecule has 7 rings (SSSR count). The first-order valence-corrected chi connectivity index (χ1v) is 12.8. The summed E-state index contributed by atoms with van der Waals surface area (Å²) >= 11 is 1.90. The summed E-state index contributed by atoms with van der Waals surface area (Å²) < 4.78 is 2.68. The fraction of sp³-hybridized carbons (Fsp3) is 0.0303. The van der Waals surface area contributed by atoms with Crippen LogP contribution in [0.2, 0.25) is 0 Å². The number of hydrogen-bond acceptors (Lipinski definition) is 2. The van der Waals surface area contributed by atoms with Gasteiger partial charge in [0.15, 0.2) is 0 Å². The van der Waals surface area contributed by atoms with Crippen molar-refractivity contribution in [1.82, 2.24) is 0 Å². The van der Waals surface area contributed by atoms with Gasteiger partial charge in [-0.2, -0.15) is 0 Å². The lowest BCUT2D eigenvalue weighted by atomic mass is 9.99. The van der Waals surface area contributed by atoms with Crippen LogP contribution in [0.15, 0.2) is 121 Å². The zero-order valence-electron chi connectivity index (χ0n) is 19.4. The largest absolute Gasteiger partial charge is 0.310 e. The maximum atomic E-state index is 2.39. The summed E-state index contributed by atoms with van der Waals surface area (Å²) in [5, 5.41) is 7.88. The summed E-state index contributed by atoms with van der Waals surface area (Å²) in [6.45, 7) is 2.14. The molecule has 0 bridgehead atoms. The zero-order valence-corrected chi connectivity index (χ0v) is 20.2. The van der Waals surface area contributed by atoms with E-state index in [9.17, 15) is 0 Å². The molecule has 1 aromatic heterocycles. The van der Waals surface area contributed by atoms with Crippen LogP contribution >= 0.6 is 11.3 Å². The lowest BCUT2D eigenvalue weighted by molar-refractivity contribution is 1.29. The third-order valence-corrected chi connectivity index (χ3v) is 8.08. The number of para-hydroxylation sites is 1. The molecule has 1 heterocycles. The minimum absolute atomic E-state index is 1.16. The van der Waals surface area contributed by atoms with Crippen molar-refractivity contribution in [2.45, 2.75) is 6.92 Å². The van der Waals surface area contributed by atoms with Crippen LogP contribution in [0.5, 0.6) is 0 Å². The molecule has 6 aromatic carbocycles. The van der Waals surface area contributed by atoms with Crippen LogP contribution in [-0.2, 0) is 0 Å². The summed E-state index contributed by atoms with van der Waals surface area (Å²) in [7, 11) is 0. The Kier molecular flexibility index (Phi) is 4.61. The lowest BCUT2D eigenvalue weighted by Crippen LogP contribution is -2.10. The summed E-state index contributed by atoms with van der Waals surface area (Å²) in [6, 6.07) is 44.0. The molecule has 1 nitrogen and oxygen atoms in total. The van der Waals surface area contributed by atoms with Gasteiger partial charge in [0, 0.05) is 36.9 Å². The molecule has 0 atom stereocenters. The Hall–Kier alpha value is -4.14. The number of benzene rings is 6. The molecule has 166 valence electrons. The van der Waals surface area contributed by atoms with E-state index in [2.05, 4.69) is 133 Å². The Balaban J connectivity index is 1.60. The zero-order chi connectivity index (χ0) is 23.4. The van der Waals surface area contributed by atoms with Crippen molar-refractivity contribution in [1.29, 1.82) is 0 Å². The van der Waals surface area contributed by atoms with E-state index >= 15 is 0 Å². The molecule has 2 heteroatoms. The molecule has 0 radical (unpaired) electrons. The Bertz CT molecular complexity index is 1850. The molecular weight excluding hydrogens is 442 g/mol. The fourth-order valence-corrected chi connectivity index (χ4v) is 6.52. The molecule has 35 heavy (non-hydrogen) atoms. The summed E-state index contributed by atoms with van der Waals surface area (Å²) in [6.07, 6.45) is 0. The van der Waals surface area contributed by atoms with Crippen LogP contribution in [0.25, 0.3) is 41.7 Å². The Morgan fingerprint density at radius 3 is 2.00 bits per heavy atom. The van der Waals surface area contributed by atoms with E-state index in [0.717, 1.165) is 11.4 Å². The molecule has 0 N–H and O–H groups in total. The van der Waals surface area contributed by atoms with Crippen molar-refractivity contribution in [2.75, 3.05) is 4.90 Å². The van der Waals surface area contributed by atoms with Gasteiger partial charge in [0.05, 0.1) is 5.69 Å². The highest BCUT2D eigenvalue weighted by atomic mass is 32.1. The highest BCUT2D eigenvalue weighted by Crippen LogP contribution is 2.47. The fourth-order valence-electron chi connectivity index (χ4n) is 5.23. The van der Waals surface area contributed by atoms with Crippen molar-refractivity contribution >= 4 is 70.1 Å². The second kappa shape index (κ2) is 7.97. The molecular formula is C33H23NS. The Morgan fingerprint density at radius 2 is 1.20 bits per heavy atom. The smallest absolute Gasteiger partial charge is 0.0554 e. The topological polar surface area (TPSA) is 3.24 Å². The number of thiophene rings is 1. The molecule has 0 spiro atoms. The molecule has 0 saturated carbocycles. The van der Waals surface area contributed by atoms with Gasteiger partial charge >= 0.3 is 0 Å². The molecule has 0 unspecified atom stereocenters. The number of fused-ring (bicyclic) bond motifs is 7. The molecule has 0 aliphatic rings. The molecule has 0 fully saturated rings. The van der Waals surface area contributed by atoms with Gasteiger partial charge in [-0.3, -0.25) is 0 Å². The number of nitrogens with zero attached hydrogens (tertiary/aromatic N) is 1. The van der Waals surface area contributed by atoms with Gasteiger partial charge in [-0.1, -0.05) is 96.6 Å². The first-order chi connectivity index (χ1) is 17.3. The molecule has 0 amide bonds. The minimum atomic E-state index is 1.16. The third-order valence-electron chi connectivity index (χ3n) is 6.89. The Morgan fingerprint density at radius 1 is 0.543 bits per heavy atom. The first-order valence-electron chi connectivity index (χ1n) is 12.0. The minimum Gasteiger partial charge on any atom is -0.310 e. The van der Waals surface area contributed by atoms with Crippen LogP contribution in [0.1, 0.15) is 5.56 Å². The number of anilines is 3. The average molecular weight is 466 g/mol. The van der Waals surface area contributed by atoms with Gasteiger partial charge in [0.2, 0.25) is 0 Å². The summed E-state index contributed by atoms with van der Waals surface area (Å²) in [5.41, 5.74) is 4.79. The van der Waals surface area contributed by atoms with Gasteiger partial charge in [0.1, 0.15) is 0 Å². The second-order valence-electron chi connectivity index (χ2n) is 9.09. The van der Waals surface area contributed by atoms with Gasteiger partial charge in [-0.15, -0.1) is 11.3 Å². The van der Waals surface area contributed by atoms with Gasteiger partial charge in [-0.25, -0.2) is 0 Å². The quantitative estimate of drug-likeness (QED) is 0.251. The van der Waals surface area contributed by atoms with Crippen LogP contribution in [0.3, 0.4) is 0 Å². The number of hydrogen-bond donors (Lipinski definition) is 0. The van der Waals surface area contributed by atoms with Crippen molar-refractivity contribution in [3.05, 3.63) is 127 Å². The standard InChI is InChI=1S/C33H23NS/c1-22-15-18-25(19-16-22)34(24-10-3-2-4-11-24)30-21-31-32(28-14-8-7-13-27(28)30)29-20-17-23-9-5-6-12-26(23)33(29)35-31/h2-21H,1H3. The maximum Gasteiger partial charge on any atom is 0.0554 e. The maximum absolute atomic E-state index is 2.39. The van der Waals surface area contributed by atoms with E-state index in [4.69, 9.17) is 0 Å². The molecule has 0 aliphatic heterocycles. The molecule has 0 aliphatic carbocycles. The highest BCUT2D eigenvalue weighted by molar-refractivity contribution is 7.27. The third kappa shape index (κ3) is 3.22. The van der Waals surface area contributed by atoms with E-state index in [1.54, 1.807) is 0 Å². The second-order valence-corrected chi connectivity index (χ2v) is 10.1. The molecule has 7 aromatic rings. The normalized spacial score (nSPS) is 11.6. The van der Waals surface area contributed by atoms with E-state index in [1.807, 2.05) is 11.3 Å². The van der Waals surface area contributed by atoms with Gasteiger partial charge < -0.3 is 4.90 Å². The van der Waals surface area contributed by atoms with Crippen molar-refractivity contribution in [3.63, 3.8) is 0 Å². The predicted octanol–water partition coefficient (Wildman–Crippen LogP) is 10.1. The van der Waals surface area contributed by atoms with Gasteiger partial charge in [0.25, 0.3) is 0 Å². The monoisotopic (exact) mass is 465 g/mol. The summed E-state index contributed by atoms with van der Waals surface area (Å²) in [5.74, 6) is 0. The van der Waals surface area contributed by atoms with Crippen LogP contribution in [0, 0.1) is 6.92 Å². The van der Waals surface area contributed by atoms with Crippen molar-refractivity contribution in [2.24, 2.45) is 0 Å². The lowest BCUT2D eigenvalue weighted by Gasteiger charge is -2.27. The van der Waals surface area contributed by atoms with E-state index in [0.29, 0.717) is 0 Å². The van der Waals surface area contributed by atoms with E-state index in [-0.39, 0.29) is 0 Å². The van der Waals surface area contributed by atoms with Crippen LogP contribution < -0.4 is 4.90 Å². The summed E-state index contributed by atoms with van der Waals surface area (Å²) in [4.78, 5) is 2.39. The van der Waals surface area contributed by atoms with E-state index in [1.165, 1.54) is 53.0 Å². The highest BCUT2D eigenvalue weighted by Gasteiger charge is 2.19. The SMILES string of the molecule is Cc1ccc(N(c2ccccc2)c2cc3sc4c5ccccc5ccc4c3c3ccccc23)cc1. The van der Waals surface area contributed by atoms with Gasteiger partial charge in [-0.05, 0) is 53.4 Å². The van der Waals surface area contributed by atoms with Crippen LogP contribution in [-0.4, -0.2) is 0 Å². The van der Waals surface area contributed by atoms with E-state index < -0.39 is 0 Å². The van der Waals surface area contributed by atoms with Crippen molar-refractivity contribution in [3.8, 4) is 0 Å². The number of rotatable bonds is 3. The molecule has 0 saturated heterocycles. The first kappa shape index (κ1) is 20.3.